The maximum Gasteiger partial charge on any atom is 0.472 e. The molecule has 630 valence electrons. The van der Waals surface area contributed by atoms with Crippen molar-refractivity contribution in [3.8, 4) is 0 Å². The lowest BCUT2D eigenvalue weighted by atomic mass is 10.0. The molecule has 0 aromatic heterocycles. The maximum atomic E-state index is 13.2. The van der Waals surface area contributed by atoms with Crippen molar-refractivity contribution in [3.05, 3.63) is 0 Å². The minimum atomic E-state index is -4.97. The molecule has 0 spiro atoms. The third-order valence-corrected chi connectivity index (χ3v) is 22.3. The Morgan fingerprint density at radius 1 is 0.255 bits per heavy atom. The van der Waals surface area contributed by atoms with Crippen LogP contribution in [0, 0.1) is 17.8 Å². The van der Waals surface area contributed by atoms with Gasteiger partial charge in [-0.3, -0.25) is 37.3 Å². The van der Waals surface area contributed by atoms with E-state index >= 15 is 0 Å². The van der Waals surface area contributed by atoms with Crippen LogP contribution in [0.5, 0.6) is 0 Å². The van der Waals surface area contributed by atoms with Gasteiger partial charge >= 0.3 is 39.5 Å². The molecular formula is C87H170O17P2. The summed E-state index contributed by atoms with van der Waals surface area (Å²) < 4.78 is 68.9. The van der Waals surface area contributed by atoms with Crippen LogP contribution in [0.25, 0.3) is 0 Å². The van der Waals surface area contributed by atoms with Crippen LogP contribution in [-0.4, -0.2) is 96.7 Å². The van der Waals surface area contributed by atoms with Gasteiger partial charge in [0.25, 0.3) is 0 Å². The minimum absolute atomic E-state index is 0.107. The fourth-order valence-electron chi connectivity index (χ4n) is 13.5. The van der Waals surface area contributed by atoms with Crippen molar-refractivity contribution in [1.29, 1.82) is 0 Å². The first kappa shape index (κ1) is 104. The molecule has 0 fully saturated rings. The number of ether oxygens (including phenoxy) is 4. The molecule has 3 N–H and O–H groups in total. The highest BCUT2D eigenvalue weighted by Gasteiger charge is 2.30. The van der Waals surface area contributed by atoms with E-state index < -0.39 is 97.5 Å². The van der Waals surface area contributed by atoms with E-state index in [4.69, 9.17) is 37.0 Å². The van der Waals surface area contributed by atoms with Gasteiger partial charge in [-0.1, -0.05) is 408 Å². The summed E-state index contributed by atoms with van der Waals surface area (Å²) in [6, 6.07) is 0. The summed E-state index contributed by atoms with van der Waals surface area (Å²) in [6.07, 6.45) is 68.2. The number of hydrogen-bond acceptors (Lipinski definition) is 15. The number of aliphatic hydroxyl groups excluding tert-OH is 1. The van der Waals surface area contributed by atoms with Gasteiger partial charge < -0.3 is 33.8 Å². The largest absolute Gasteiger partial charge is 0.472 e. The van der Waals surface area contributed by atoms with Crippen molar-refractivity contribution in [2.24, 2.45) is 17.8 Å². The van der Waals surface area contributed by atoms with Crippen LogP contribution >= 0.6 is 15.6 Å². The molecular weight excluding hydrogens is 1380 g/mol. The van der Waals surface area contributed by atoms with E-state index in [9.17, 15) is 43.2 Å². The number of unbranched alkanes of at least 4 members (excludes halogenated alkanes) is 53. The van der Waals surface area contributed by atoms with Crippen molar-refractivity contribution in [1.82, 2.24) is 0 Å². The lowest BCUT2D eigenvalue weighted by Crippen LogP contribution is -2.30. The zero-order chi connectivity index (χ0) is 77.9. The first-order valence-corrected chi connectivity index (χ1v) is 47.8. The summed E-state index contributed by atoms with van der Waals surface area (Å²) in [5, 5.41) is 10.7. The second-order valence-corrected chi connectivity index (χ2v) is 35.6. The van der Waals surface area contributed by atoms with E-state index in [1.165, 1.54) is 263 Å². The molecule has 19 heteroatoms. The SMILES string of the molecule is CCCCCCCCCCCCCCCCCCCCCCC(=O)O[C@H](COC(=O)CCCCCCCCCCCCCCCCCC(C)C)COP(=O)(O)OC[C@@H](O)COP(=O)(O)OC[C@@H](COC(=O)CCCCCCCCCC(C)C)OC(=O)CCCCCCCCCCCCCCCCCC(C)C. The Bertz CT molecular complexity index is 2040. The Labute approximate surface area is 651 Å². The van der Waals surface area contributed by atoms with E-state index in [0.717, 1.165) is 108 Å². The van der Waals surface area contributed by atoms with Crippen molar-refractivity contribution in [2.75, 3.05) is 39.6 Å². The van der Waals surface area contributed by atoms with Gasteiger partial charge in [-0.25, -0.2) is 9.13 Å². The van der Waals surface area contributed by atoms with Gasteiger partial charge in [-0.2, -0.15) is 0 Å². The molecule has 5 atom stereocenters. The third kappa shape index (κ3) is 80.1. The molecule has 0 saturated carbocycles. The number of phosphoric acid groups is 2. The first-order chi connectivity index (χ1) is 51.2. The summed E-state index contributed by atoms with van der Waals surface area (Å²) in [7, 11) is -9.93. The second kappa shape index (κ2) is 77.0. The van der Waals surface area contributed by atoms with Crippen molar-refractivity contribution < 1.29 is 80.2 Å². The van der Waals surface area contributed by atoms with Crippen LogP contribution in [0.1, 0.15) is 459 Å². The number of esters is 4. The van der Waals surface area contributed by atoms with Crippen molar-refractivity contribution >= 4 is 39.5 Å². The topological polar surface area (TPSA) is 237 Å². The van der Waals surface area contributed by atoms with Crippen molar-refractivity contribution in [2.45, 2.75) is 478 Å². The van der Waals surface area contributed by atoms with Gasteiger partial charge in [0, 0.05) is 25.7 Å². The molecule has 17 nitrogen and oxygen atoms in total. The van der Waals surface area contributed by atoms with Gasteiger partial charge in [-0.05, 0) is 43.4 Å². The standard InChI is InChI=1S/C87H170O17P2/c1-8-9-10-11-12-13-14-15-16-17-18-19-20-25-31-36-41-48-56-63-70-86(91)103-82(74-97-84(89)68-61-54-47-40-35-30-26-21-23-28-33-38-44-51-58-65-78(2)3)76-101-105(93,94)99-72-81(88)73-100-106(95,96)102-77-83(75-98-85(90)69-62-55-50-43-46-53-60-67-80(6)7)104-87(92)71-64-57-49-42-37-32-27-22-24-29-34-39-45-52-59-66-79(4)5/h78-83,88H,8-77H2,1-7H3,(H,93,94)(H,95,96)/t81-,82-,83-/m1/s1. The van der Waals surface area contributed by atoms with Crippen LogP contribution in [0.2, 0.25) is 0 Å². The molecule has 0 aliphatic rings. The highest BCUT2D eigenvalue weighted by atomic mass is 31.2. The fraction of sp³-hybridized carbons (Fsp3) is 0.954. The molecule has 0 bridgehead atoms. The number of phosphoric ester groups is 2. The fourth-order valence-corrected chi connectivity index (χ4v) is 15.1. The molecule has 0 radical (unpaired) electrons. The average Bonchev–Trinajstić information content (AvgIpc) is 0.901. The van der Waals surface area contributed by atoms with Crippen LogP contribution in [-0.2, 0) is 65.4 Å². The Kier molecular flexibility index (Phi) is 75.6. The normalized spacial score (nSPS) is 13.9. The summed E-state index contributed by atoms with van der Waals surface area (Å²) in [5.41, 5.74) is 0. The van der Waals surface area contributed by atoms with Crippen LogP contribution in [0.3, 0.4) is 0 Å². The van der Waals surface area contributed by atoms with Crippen LogP contribution in [0.15, 0.2) is 0 Å². The number of rotatable bonds is 85. The number of carbonyl (C=O) groups excluding carboxylic acids is 4. The highest BCUT2D eigenvalue weighted by molar-refractivity contribution is 7.47. The zero-order valence-electron chi connectivity index (χ0n) is 69.9. The summed E-state index contributed by atoms with van der Waals surface area (Å²) in [4.78, 5) is 73.2. The Morgan fingerprint density at radius 3 is 0.642 bits per heavy atom. The summed E-state index contributed by atoms with van der Waals surface area (Å²) in [5.74, 6) is 0.209. The Morgan fingerprint density at radius 2 is 0.434 bits per heavy atom. The molecule has 106 heavy (non-hydrogen) atoms. The molecule has 0 heterocycles. The predicted molar refractivity (Wildman–Crippen MR) is 437 cm³/mol. The van der Waals surface area contributed by atoms with Gasteiger partial charge in [0.15, 0.2) is 12.2 Å². The lowest BCUT2D eigenvalue weighted by molar-refractivity contribution is -0.161. The average molecular weight is 1550 g/mol. The minimum Gasteiger partial charge on any atom is -0.462 e. The quantitative estimate of drug-likeness (QED) is 0.0222. The van der Waals surface area contributed by atoms with Gasteiger partial charge in [-0.15, -0.1) is 0 Å². The highest BCUT2D eigenvalue weighted by Crippen LogP contribution is 2.45. The molecule has 0 amide bonds. The van der Waals surface area contributed by atoms with E-state index in [2.05, 4.69) is 48.5 Å². The van der Waals surface area contributed by atoms with E-state index in [-0.39, 0.29) is 25.7 Å². The monoisotopic (exact) mass is 1550 g/mol. The Balaban J connectivity index is 5.23. The van der Waals surface area contributed by atoms with E-state index in [1.807, 2.05) is 0 Å². The zero-order valence-corrected chi connectivity index (χ0v) is 71.7. The Hall–Kier alpha value is -1.94. The molecule has 0 aromatic rings. The van der Waals surface area contributed by atoms with E-state index in [1.54, 1.807) is 0 Å². The molecule has 0 aliphatic carbocycles. The maximum absolute atomic E-state index is 13.2. The molecule has 0 aliphatic heterocycles. The second-order valence-electron chi connectivity index (χ2n) is 32.7. The molecule has 2 unspecified atom stereocenters. The lowest BCUT2D eigenvalue weighted by Gasteiger charge is -2.21. The number of aliphatic hydroxyl groups is 1. The first-order valence-electron chi connectivity index (χ1n) is 44.8. The number of hydrogen-bond donors (Lipinski definition) is 3. The van der Waals surface area contributed by atoms with E-state index in [0.29, 0.717) is 31.6 Å². The third-order valence-electron chi connectivity index (χ3n) is 20.4. The molecule has 0 rings (SSSR count). The molecule has 0 saturated heterocycles. The van der Waals surface area contributed by atoms with Crippen LogP contribution in [0.4, 0.5) is 0 Å². The molecule has 0 aromatic carbocycles. The predicted octanol–water partition coefficient (Wildman–Crippen LogP) is 26.5. The number of carbonyl (C=O) groups is 4. The van der Waals surface area contributed by atoms with Gasteiger partial charge in [0.05, 0.1) is 26.4 Å². The van der Waals surface area contributed by atoms with Gasteiger partial charge in [0.2, 0.25) is 0 Å². The van der Waals surface area contributed by atoms with Crippen molar-refractivity contribution in [3.63, 3.8) is 0 Å². The summed E-state index contributed by atoms with van der Waals surface area (Å²) >= 11 is 0. The smallest absolute Gasteiger partial charge is 0.462 e. The van der Waals surface area contributed by atoms with Gasteiger partial charge in [0.1, 0.15) is 19.3 Å². The summed E-state index contributed by atoms with van der Waals surface area (Å²) in [6.45, 7) is 12.0. The van der Waals surface area contributed by atoms with Crippen LogP contribution < -0.4 is 0 Å².